The first-order chi connectivity index (χ1) is 11.9. The zero-order valence-corrected chi connectivity index (χ0v) is 14.0. The molecule has 1 aromatic heterocycles. The first-order valence-corrected chi connectivity index (χ1v) is 7.82. The average molecular weight is 356 g/mol. The van der Waals surface area contributed by atoms with Gasteiger partial charge in [0.15, 0.2) is 0 Å². The minimum atomic E-state index is -0.756. The number of fused-ring (bicyclic) bond motifs is 1. The van der Waals surface area contributed by atoms with Crippen molar-refractivity contribution in [3.63, 3.8) is 0 Å². The maximum absolute atomic E-state index is 12.4. The Bertz CT molecular complexity index is 977. The summed E-state index contributed by atoms with van der Waals surface area (Å²) in [6.45, 7) is 1.40. The summed E-state index contributed by atoms with van der Waals surface area (Å²) in [6.07, 6.45) is 1.49. The number of carbonyl (C=O) groups is 3. The number of Topliss-reactive ketones (excluding diaryl/α,β-unsaturated/α-hetero) is 1. The standard InChI is InChI=1S/C18H14ClN3O3/c1-10(23)21-12-3-5-13(6-4-12)22-18(25)17(24)15-9-20-16-7-2-11(19)8-14(15)16/h2-9,20H,1H3,(H,21,23)(H,22,25). The molecule has 0 saturated carbocycles. The Kier molecular flexibility index (Phi) is 4.54. The number of nitrogens with one attached hydrogen (secondary N) is 3. The minimum Gasteiger partial charge on any atom is -0.360 e. The molecule has 3 aromatic rings. The van der Waals surface area contributed by atoms with Crippen LogP contribution in [0.2, 0.25) is 5.02 Å². The topological polar surface area (TPSA) is 91.1 Å². The number of amides is 2. The third-order valence-electron chi connectivity index (χ3n) is 3.56. The highest BCUT2D eigenvalue weighted by Gasteiger charge is 2.20. The van der Waals surface area contributed by atoms with Gasteiger partial charge < -0.3 is 15.6 Å². The van der Waals surface area contributed by atoms with Crippen LogP contribution in [0, 0.1) is 0 Å². The van der Waals surface area contributed by atoms with Crippen LogP contribution in [0.3, 0.4) is 0 Å². The molecule has 3 rings (SSSR count). The van der Waals surface area contributed by atoms with Crippen LogP contribution in [0.25, 0.3) is 10.9 Å². The molecule has 0 aliphatic rings. The van der Waals surface area contributed by atoms with E-state index in [1.165, 1.54) is 13.1 Å². The maximum atomic E-state index is 12.4. The molecular formula is C18H14ClN3O3. The molecule has 2 amide bonds. The lowest BCUT2D eigenvalue weighted by Crippen LogP contribution is -2.22. The number of ketones is 1. The van der Waals surface area contributed by atoms with Crippen molar-refractivity contribution in [3.8, 4) is 0 Å². The Hall–Kier alpha value is -3.12. The number of rotatable bonds is 4. The molecule has 0 unspecified atom stereocenters. The predicted octanol–water partition coefficient (Wildman–Crippen LogP) is 3.60. The van der Waals surface area contributed by atoms with E-state index < -0.39 is 11.7 Å². The summed E-state index contributed by atoms with van der Waals surface area (Å²) in [5, 5.41) is 6.24. The van der Waals surface area contributed by atoms with Crippen LogP contribution in [0.5, 0.6) is 0 Å². The van der Waals surface area contributed by atoms with Crippen LogP contribution < -0.4 is 10.6 Å². The minimum absolute atomic E-state index is 0.190. The fourth-order valence-corrected chi connectivity index (χ4v) is 2.60. The summed E-state index contributed by atoms with van der Waals surface area (Å²) in [5.41, 5.74) is 2.03. The van der Waals surface area contributed by atoms with E-state index in [4.69, 9.17) is 11.6 Å². The van der Waals surface area contributed by atoms with Gasteiger partial charge in [0.25, 0.3) is 11.7 Å². The van der Waals surface area contributed by atoms with Gasteiger partial charge in [-0.2, -0.15) is 0 Å². The molecule has 0 atom stereocenters. The molecule has 0 spiro atoms. The molecule has 0 aliphatic heterocycles. The third kappa shape index (κ3) is 3.70. The van der Waals surface area contributed by atoms with Crippen LogP contribution in [0.4, 0.5) is 11.4 Å². The molecule has 0 radical (unpaired) electrons. The van der Waals surface area contributed by atoms with Gasteiger partial charge in [-0.15, -0.1) is 0 Å². The van der Waals surface area contributed by atoms with Crippen LogP contribution in [-0.4, -0.2) is 22.6 Å². The van der Waals surface area contributed by atoms with Gasteiger partial charge in [-0.1, -0.05) is 11.6 Å². The van der Waals surface area contributed by atoms with E-state index in [1.807, 2.05) is 0 Å². The van der Waals surface area contributed by atoms with Gasteiger partial charge in [0.05, 0.1) is 5.56 Å². The molecule has 1 heterocycles. The van der Waals surface area contributed by atoms with Crippen molar-refractivity contribution < 1.29 is 14.4 Å². The number of hydrogen-bond acceptors (Lipinski definition) is 3. The molecule has 2 aromatic carbocycles. The maximum Gasteiger partial charge on any atom is 0.296 e. The van der Waals surface area contributed by atoms with Crippen molar-refractivity contribution in [1.82, 2.24) is 4.98 Å². The number of anilines is 2. The first kappa shape index (κ1) is 16.7. The molecule has 126 valence electrons. The van der Waals surface area contributed by atoms with E-state index in [0.717, 1.165) is 5.52 Å². The first-order valence-electron chi connectivity index (χ1n) is 7.44. The number of aromatic nitrogens is 1. The highest BCUT2D eigenvalue weighted by molar-refractivity contribution is 6.48. The van der Waals surface area contributed by atoms with Crippen molar-refractivity contribution in [2.45, 2.75) is 6.92 Å². The molecule has 25 heavy (non-hydrogen) atoms. The molecule has 0 fully saturated rings. The monoisotopic (exact) mass is 355 g/mol. The molecular weight excluding hydrogens is 342 g/mol. The highest BCUT2D eigenvalue weighted by Crippen LogP contribution is 2.23. The lowest BCUT2D eigenvalue weighted by Gasteiger charge is -2.06. The number of aromatic amines is 1. The molecule has 6 nitrogen and oxygen atoms in total. The zero-order valence-electron chi connectivity index (χ0n) is 13.2. The fraction of sp³-hybridized carbons (Fsp3) is 0.0556. The van der Waals surface area contributed by atoms with Crippen molar-refractivity contribution in [2.75, 3.05) is 10.6 Å². The van der Waals surface area contributed by atoms with E-state index in [0.29, 0.717) is 21.8 Å². The molecule has 0 saturated heterocycles. The lowest BCUT2D eigenvalue weighted by molar-refractivity contribution is -0.114. The molecule has 7 heteroatoms. The second-order valence-corrected chi connectivity index (χ2v) is 5.87. The third-order valence-corrected chi connectivity index (χ3v) is 3.79. The van der Waals surface area contributed by atoms with Gasteiger partial charge in [0, 0.05) is 40.4 Å². The van der Waals surface area contributed by atoms with Crippen molar-refractivity contribution in [3.05, 3.63) is 59.2 Å². The van der Waals surface area contributed by atoms with Crippen LogP contribution >= 0.6 is 11.6 Å². The molecule has 3 N–H and O–H groups in total. The van der Waals surface area contributed by atoms with E-state index in [1.54, 1.807) is 42.5 Å². The summed E-state index contributed by atoms with van der Waals surface area (Å²) in [6, 6.07) is 11.5. The Labute approximate surface area is 148 Å². The SMILES string of the molecule is CC(=O)Nc1ccc(NC(=O)C(=O)c2c[nH]c3ccc(Cl)cc23)cc1. The Morgan fingerprint density at radius 1 is 0.960 bits per heavy atom. The Morgan fingerprint density at radius 3 is 2.24 bits per heavy atom. The van der Waals surface area contributed by atoms with Gasteiger partial charge in [0.2, 0.25) is 5.91 Å². The Morgan fingerprint density at radius 2 is 1.60 bits per heavy atom. The van der Waals surface area contributed by atoms with Gasteiger partial charge in [-0.05, 0) is 42.5 Å². The summed E-state index contributed by atoms with van der Waals surface area (Å²) in [7, 11) is 0. The second kappa shape index (κ2) is 6.78. The van der Waals surface area contributed by atoms with Crippen molar-refractivity contribution >= 4 is 51.5 Å². The van der Waals surface area contributed by atoms with Crippen LogP contribution in [-0.2, 0) is 9.59 Å². The average Bonchev–Trinajstić information content (AvgIpc) is 2.98. The lowest BCUT2D eigenvalue weighted by atomic mass is 10.1. The molecule has 0 aliphatic carbocycles. The number of carbonyl (C=O) groups excluding carboxylic acids is 3. The molecule has 0 bridgehead atoms. The quantitative estimate of drug-likeness (QED) is 0.493. The van der Waals surface area contributed by atoms with Crippen LogP contribution in [0.1, 0.15) is 17.3 Å². The van der Waals surface area contributed by atoms with Gasteiger partial charge in [0.1, 0.15) is 0 Å². The summed E-state index contributed by atoms with van der Waals surface area (Å²) < 4.78 is 0. The van der Waals surface area contributed by atoms with Crippen molar-refractivity contribution in [2.24, 2.45) is 0 Å². The smallest absolute Gasteiger partial charge is 0.296 e. The van der Waals surface area contributed by atoms with Crippen LogP contribution in [0.15, 0.2) is 48.7 Å². The number of hydrogen-bond donors (Lipinski definition) is 3. The van der Waals surface area contributed by atoms with Gasteiger partial charge in [-0.25, -0.2) is 0 Å². The highest BCUT2D eigenvalue weighted by atomic mass is 35.5. The van der Waals surface area contributed by atoms with Crippen molar-refractivity contribution in [1.29, 1.82) is 0 Å². The Balaban J connectivity index is 1.77. The normalized spacial score (nSPS) is 10.5. The number of H-pyrrole nitrogens is 1. The number of halogens is 1. The largest absolute Gasteiger partial charge is 0.360 e. The van der Waals surface area contributed by atoms with E-state index in [-0.39, 0.29) is 11.5 Å². The fourth-order valence-electron chi connectivity index (χ4n) is 2.43. The van der Waals surface area contributed by atoms with E-state index in [9.17, 15) is 14.4 Å². The summed E-state index contributed by atoms with van der Waals surface area (Å²) >= 11 is 5.96. The summed E-state index contributed by atoms with van der Waals surface area (Å²) in [4.78, 5) is 38.6. The van der Waals surface area contributed by atoms with E-state index in [2.05, 4.69) is 15.6 Å². The van der Waals surface area contributed by atoms with E-state index >= 15 is 0 Å². The summed E-state index contributed by atoms with van der Waals surface area (Å²) in [5.74, 6) is -1.61. The number of benzene rings is 2. The predicted molar refractivity (Wildman–Crippen MR) is 97.0 cm³/mol. The zero-order chi connectivity index (χ0) is 18.0. The van der Waals surface area contributed by atoms with Gasteiger partial charge >= 0.3 is 0 Å². The second-order valence-electron chi connectivity index (χ2n) is 5.43. The van der Waals surface area contributed by atoms with Gasteiger partial charge in [-0.3, -0.25) is 14.4 Å².